The van der Waals surface area contributed by atoms with Gasteiger partial charge in [-0.25, -0.2) is 4.68 Å². The lowest BCUT2D eigenvalue weighted by Crippen LogP contribution is -2.11. The quantitative estimate of drug-likeness (QED) is 0.881. The minimum atomic E-state index is 0.309. The number of anilines is 1. The van der Waals surface area contributed by atoms with Gasteiger partial charge in [-0.05, 0) is 41.5 Å². The molecular formula is C12H16BrN5. The molecule has 0 amide bonds. The van der Waals surface area contributed by atoms with E-state index in [0.29, 0.717) is 11.7 Å². The van der Waals surface area contributed by atoms with Crippen LogP contribution in [0, 0.1) is 0 Å². The van der Waals surface area contributed by atoms with E-state index in [4.69, 9.17) is 5.73 Å². The summed E-state index contributed by atoms with van der Waals surface area (Å²) in [6.07, 6.45) is 1.99. The van der Waals surface area contributed by atoms with Gasteiger partial charge in [-0.1, -0.05) is 29.8 Å². The molecule has 2 rings (SSSR count). The molecule has 0 aliphatic rings. The Hall–Kier alpha value is -1.43. The first-order chi connectivity index (χ1) is 8.67. The third-order valence-electron chi connectivity index (χ3n) is 3.01. The van der Waals surface area contributed by atoms with Crippen LogP contribution in [0.3, 0.4) is 0 Å². The molecule has 18 heavy (non-hydrogen) atoms. The topological polar surface area (TPSA) is 69.6 Å². The Kier molecular flexibility index (Phi) is 3.96. The number of rotatable bonds is 4. The van der Waals surface area contributed by atoms with Crippen LogP contribution in [0.2, 0.25) is 0 Å². The number of halogens is 1. The number of tetrazole rings is 1. The van der Waals surface area contributed by atoms with Crippen molar-refractivity contribution in [3.8, 4) is 11.4 Å². The Morgan fingerprint density at radius 2 is 2.06 bits per heavy atom. The van der Waals surface area contributed by atoms with E-state index in [1.165, 1.54) is 0 Å². The van der Waals surface area contributed by atoms with Gasteiger partial charge in [-0.2, -0.15) is 0 Å². The van der Waals surface area contributed by atoms with Crippen molar-refractivity contribution in [2.24, 2.45) is 0 Å². The Labute approximate surface area is 115 Å². The van der Waals surface area contributed by atoms with E-state index in [1.807, 2.05) is 22.9 Å². The van der Waals surface area contributed by atoms with Crippen molar-refractivity contribution in [1.29, 1.82) is 0 Å². The monoisotopic (exact) mass is 309 g/mol. The predicted molar refractivity (Wildman–Crippen MR) is 75.0 cm³/mol. The lowest BCUT2D eigenvalue weighted by atomic mass is 10.1. The number of nitrogens with zero attached hydrogens (tertiary/aromatic N) is 4. The van der Waals surface area contributed by atoms with Crippen LogP contribution in [0.15, 0.2) is 22.7 Å². The van der Waals surface area contributed by atoms with Crippen LogP contribution < -0.4 is 5.73 Å². The largest absolute Gasteiger partial charge is 0.399 e. The first-order valence-electron chi connectivity index (χ1n) is 6.00. The lowest BCUT2D eigenvalue weighted by molar-refractivity contribution is 0.422. The van der Waals surface area contributed by atoms with E-state index in [0.717, 1.165) is 28.7 Å². The maximum Gasteiger partial charge on any atom is 0.183 e. The smallest absolute Gasteiger partial charge is 0.183 e. The third-order valence-corrected chi connectivity index (χ3v) is 3.70. The molecule has 0 saturated carbocycles. The third kappa shape index (κ3) is 2.38. The summed E-state index contributed by atoms with van der Waals surface area (Å²) in [5.74, 6) is 0.753. The molecule has 0 spiro atoms. The lowest BCUT2D eigenvalue weighted by Gasteiger charge is -2.14. The summed E-state index contributed by atoms with van der Waals surface area (Å²) in [6, 6.07) is 5.95. The molecule has 2 N–H and O–H groups in total. The van der Waals surface area contributed by atoms with E-state index in [1.54, 1.807) is 0 Å². The standard InChI is InChI=1S/C12H16BrN5/c1-3-9(4-2)18-12(15-16-17-18)10-7-8(14)5-6-11(10)13/h5-7,9H,3-4,14H2,1-2H3. The summed E-state index contributed by atoms with van der Waals surface area (Å²) in [6.45, 7) is 4.27. The van der Waals surface area contributed by atoms with Crippen molar-refractivity contribution < 1.29 is 0 Å². The second-order valence-electron chi connectivity index (χ2n) is 4.16. The Balaban J connectivity index is 2.51. The number of hydrogen-bond acceptors (Lipinski definition) is 4. The van der Waals surface area contributed by atoms with E-state index in [-0.39, 0.29) is 0 Å². The SMILES string of the molecule is CCC(CC)n1nnnc1-c1cc(N)ccc1Br. The first kappa shape index (κ1) is 13.0. The number of nitrogen functional groups attached to an aromatic ring is 1. The van der Waals surface area contributed by atoms with Gasteiger partial charge in [0.05, 0.1) is 6.04 Å². The fourth-order valence-corrected chi connectivity index (χ4v) is 2.39. The Bertz CT molecular complexity index is 533. The van der Waals surface area contributed by atoms with E-state index < -0.39 is 0 Å². The summed E-state index contributed by atoms with van der Waals surface area (Å²) < 4.78 is 2.82. The average Bonchev–Trinajstić information content (AvgIpc) is 2.83. The second-order valence-corrected chi connectivity index (χ2v) is 5.01. The van der Waals surface area contributed by atoms with Gasteiger partial charge in [0.1, 0.15) is 0 Å². The highest BCUT2D eigenvalue weighted by Crippen LogP contribution is 2.30. The highest BCUT2D eigenvalue weighted by Gasteiger charge is 2.17. The van der Waals surface area contributed by atoms with Gasteiger partial charge in [0, 0.05) is 15.7 Å². The van der Waals surface area contributed by atoms with Crippen LogP contribution >= 0.6 is 15.9 Å². The minimum Gasteiger partial charge on any atom is -0.399 e. The first-order valence-corrected chi connectivity index (χ1v) is 6.79. The molecule has 0 fully saturated rings. The van der Waals surface area contributed by atoms with E-state index in [9.17, 15) is 0 Å². The summed E-state index contributed by atoms with van der Waals surface area (Å²) in [7, 11) is 0. The summed E-state index contributed by atoms with van der Waals surface area (Å²) in [5.41, 5.74) is 7.45. The molecule has 6 heteroatoms. The van der Waals surface area contributed by atoms with Crippen molar-refractivity contribution >= 4 is 21.6 Å². The number of nitrogens with two attached hydrogens (primary N) is 1. The molecule has 0 bridgehead atoms. The van der Waals surface area contributed by atoms with Crippen LogP contribution in [-0.4, -0.2) is 20.2 Å². The zero-order chi connectivity index (χ0) is 13.1. The van der Waals surface area contributed by atoms with Gasteiger partial charge in [0.25, 0.3) is 0 Å². The van der Waals surface area contributed by atoms with E-state index >= 15 is 0 Å². The van der Waals surface area contributed by atoms with Crippen LogP contribution in [0.4, 0.5) is 5.69 Å². The zero-order valence-corrected chi connectivity index (χ0v) is 12.1. The fourth-order valence-electron chi connectivity index (χ4n) is 1.97. The number of hydrogen-bond donors (Lipinski definition) is 1. The molecule has 0 aliphatic heterocycles. The molecule has 0 unspecified atom stereocenters. The molecule has 2 aromatic rings. The van der Waals surface area contributed by atoms with Gasteiger partial charge in [-0.15, -0.1) is 5.10 Å². The van der Waals surface area contributed by atoms with Crippen LogP contribution in [0.1, 0.15) is 32.7 Å². The Morgan fingerprint density at radius 1 is 1.33 bits per heavy atom. The number of benzene rings is 1. The van der Waals surface area contributed by atoms with Gasteiger partial charge in [-0.3, -0.25) is 0 Å². The van der Waals surface area contributed by atoms with Crippen molar-refractivity contribution in [3.05, 3.63) is 22.7 Å². The van der Waals surface area contributed by atoms with Crippen molar-refractivity contribution in [3.63, 3.8) is 0 Å². The summed E-state index contributed by atoms with van der Waals surface area (Å²) >= 11 is 3.51. The maximum absolute atomic E-state index is 5.83. The number of aromatic nitrogens is 4. The normalized spacial score (nSPS) is 11.1. The van der Waals surface area contributed by atoms with Crippen molar-refractivity contribution in [2.45, 2.75) is 32.7 Å². The molecule has 0 aliphatic carbocycles. The molecule has 0 atom stereocenters. The van der Waals surface area contributed by atoms with Crippen molar-refractivity contribution in [2.75, 3.05) is 5.73 Å². The highest BCUT2D eigenvalue weighted by molar-refractivity contribution is 9.10. The van der Waals surface area contributed by atoms with Crippen LogP contribution in [-0.2, 0) is 0 Å². The fraction of sp³-hybridized carbons (Fsp3) is 0.417. The van der Waals surface area contributed by atoms with Crippen molar-refractivity contribution in [1.82, 2.24) is 20.2 Å². The Morgan fingerprint density at radius 3 is 2.72 bits per heavy atom. The predicted octanol–water partition coefficient (Wildman–Crippen LogP) is 3.05. The molecule has 1 aromatic heterocycles. The molecule has 96 valence electrons. The van der Waals surface area contributed by atoms with Gasteiger partial charge in [0.15, 0.2) is 5.82 Å². The molecule has 0 radical (unpaired) electrons. The van der Waals surface area contributed by atoms with E-state index in [2.05, 4.69) is 45.3 Å². The average molecular weight is 310 g/mol. The van der Waals surface area contributed by atoms with Crippen LogP contribution in [0.25, 0.3) is 11.4 Å². The molecule has 5 nitrogen and oxygen atoms in total. The summed E-state index contributed by atoms with van der Waals surface area (Å²) in [4.78, 5) is 0. The highest BCUT2D eigenvalue weighted by atomic mass is 79.9. The maximum atomic E-state index is 5.83. The molecule has 1 aromatic carbocycles. The van der Waals surface area contributed by atoms with Crippen LogP contribution in [0.5, 0.6) is 0 Å². The molecule has 1 heterocycles. The minimum absolute atomic E-state index is 0.309. The summed E-state index contributed by atoms with van der Waals surface area (Å²) in [5, 5.41) is 12.0. The van der Waals surface area contributed by atoms with Gasteiger partial charge >= 0.3 is 0 Å². The van der Waals surface area contributed by atoms with Gasteiger partial charge in [0.2, 0.25) is 0 Å². The molecule has 0 saturated heterocycles. The second kappa shape index (κ2) is 5.48. The molecular weight excluding hydrogens is 294 g/mol. The van der Waals surface area contributed by atoms with Gasteiger partial charge < -0.3 is 5.73 Å². The zero-order valence-electron chi connectivity index (χ0n) is 10.5.